The molecule has 0 aromatic heterocycles. The molecule has 7 heavy (non-hydrogen) atoms. The van der Waals surface area contributed by atoms with E-state index in [1.54, 1.807) is 5.43 Å². The van der Waals surface area contributed by atoms with Gasteiger partial charge in [-0.3, -0.25) is 5.43 Å². The second kappa shape index (κ2) is 6.83. The van der Waals surface area contributed by atoms with Crippen LogP contribution in [0.3, 0.4) is 0 Å². The van der Waals surface area contributed by atoms with Crippen LogP contribution in [0.25, 0.3) is 5.84 Å². The molecule has 36 valence electrons. The molecular weight excluding hydrogens is 123 g/mol. The first-order valence-electron chi connectivity index (χ1n) is 1.24. The molecule has 0 spiro atoms. The number of hydrogen-bond donors (Lipinski definition) is 3. The Hall–Kier alpha value is 0.826. The zero-order valence-corrected chi connectivity index (χ0v) is 7.11. The number of urea groups is 1. The van der Waals surface area contributed by atoms with E-state index in [9.17, 15) is 4.79 Å². The van der Waals surface area contributed by atoms with Gasteiger partial charge in [0.25, 0.3) is 0 Å². The Balaban J connectivity index is 0. The van der Waals surface area contributed by atoms with Crippen LogP contribution in [0.2, 0.25) is 0 Å². The maximum absolute atomic E-state index is 9.65. The number of amides is 2. The standard InChI is InChI=1S/CH5N4O.K/c2-4-1(6)5-3;/h2H,3H2,(H2,4,5,6);/q-1;+1. The third kappa shape index (κ3) is 6.83. The van der Waals surface area contributed by atoms with E-state index in [1.165, 1.54) is 5.43 Å². The smallest absolute Gasteiger partial charge is 0.582 e. The SMILES string of the molecule is [K+].[NH-]NC(=O)NN. The summed E-state index contributed by atoms with van der Waals surface area (Å²) in [5.74, 6) is 10.6. The molecule has 0 heterocycles. The quantitative estimate of drug-likeness (QED) is 0.135. The van der Waals surface area contributed by atoms with Gasteiger partial charge in [-0.15, -0.1) is 0 Å². The van der Waals surface area contributed by atoms with Gasteiger partial charge >= 0.3 is 57.4 Å². The molecule has 0 rings (SSSR count). The van der Waals surface area contributed by atoms with Gasteiger partial charge in [-0.2, -0.15) is 0 Å². The van der Waals surface area contributed by atoms with Crippen molar-refractivity contribution in [2.24, 2.45) is 5.84 Å². The molecule has 0 aliphatic heterocycles. The molecule has 2 amide bonds. The molecule has 0 radical (unpaired) electrons. The number of hydrazine groups is 1. The number of nitrogens with two attached hydrogens (primary N) is 1. The second-order valence-corrected chi connectivity index (χ2v) is 0.598. The zero-order chi connectivity index (χ0) is 4.99. The molecule has 0 bridgehead atoms. The van der Waals surface area contributed by atoms with E-state index in [-0.39, 0.29) is 51.4 Å². The van der Waals surface area contributed by atoms with Crippen molar-refractivity contribution in [1.82, 2.24) is 10.9 Å². The van der Waals surface area contributed by atoms with Crippen LogP contribution in [0.1, 0.15) is 0 Å². The minimum atomic E-state index is -0.713. The fourth-order valence-electron chi connectivity index (χ4n) is 0.0361. The van der Waals surface area contributed by atoms with Crippen LogP contribution >= 0.6 is 0 Å². The molecule has 0 aromatic rings. The number of nitrogens with one attached hydrogen (secondary N) is 3. The van der Waals surface area contributed by atoms with Crippen LogP contribution in [0.15, 0.2) is 0 Å². The summed E-state index contributed by atoms with van der Waals surface area (Å²) in [7, 11) is 0. The van der Waals surface area contributed by atoms with Crippen molar-refractivity contribution in [2.45, 2.75) is 0 Å². The van der Waals surface area contributed by atoms with E-state index >= 15 is 0 Å². The van der Waals surface area contributed by atoms with Gasteiger partial charge in [0, 0.05) is 0 Å². The Labute approximate surface area is 83.5 Å². The predicted octanol–water partition coefficient (Wildman–Crippen LogP) is -3.87. The van der Waals surface area contributed by atoms with Crippen molar-refractivity contribution in [1.29, 1.82) is 0 Å². The predicted molar refractivity (Wildman–Crippen MR) is 20.2 cm³/mol. The molecule has 0 unspecified atom stereocenters. The van der Waals surface area contributed by atoms with Crippen molar-refractivity contribution < 1.29 is 56.2 Å². The van der Waals surface area contributed by atoms with E-state index < -0.39 is 6.03 Å². The molecule has 0 aromatic carbocycles. The molecule has 5 N–H and O–H groups in total. The van der Waals surface area contributed by atoms with Crippen LogP contribution in [0.4, 0.5) is 4.79 Å². The van der Waals surface area contributed by atoms with E-state index in [1.807, 2.05) is 0 Å². The topological polar surface area (TPSA) is 90.9 Å². The minimum absolute atomic E-state index is 0. The average Bonchev–Trinajstić information content (AvgIpc) is 1.65. The van der Waals surface area contributed by atoms with Gasteiger partial charge in [0.1, 0.15) is 0 Å². The van der Waals surface area contributed by atoms with Gasteiger partial charge in [0.15, 0.2) is 0 Å². The molecule has 5 nitrogen and oxygen atoms in total. The third-order valence-electron chi connectivity index (χ3n) is 0.245. The van der Waals surface area contributed by atoms with Gasteiger partial charge in [0.05, 0.1) is 0 Å². The molecule has 0 saturated carbocycles. The largest absolute Gasteiger partial charge is 1.00 e. The third-order valence-corrected chi connectivity index (χ3v) is 0.245. The zero-order valence-electron chi connectivity index (χ0n) is 3.99. The van der Waals surface area contributed by atoms with Crippen LogP contribution < -0.4 is 68.1 Å². The Kier molecular flexibility index (Phi) is 10.5. The van der Waals surface area contributed by atoms with Crippen LogP contribution in [-0.2, 0) is 0 Å². The molecule has 0 aliphatic carbocycles. The molecule has 0 aliphatic rings. The minimum Gasteiger partial charge on any atom is -0.582 e. The van der Waals surface area contributed by atoms with Crippen LogP contribution in [-0.4, -0.2) is 6.03 Å². The summed E-state index contributed by atoms with van der Waals surface area (Å²) < 4.78 is 0. The Bertz CT molecular complexity index is 49.7. The Morgan fingerprint density at radius 3 is 2.14 bits per heavy atom. The number of carbonyl (C=O) groups excluding carboxylic acids is 1. The number of carbonyl (C=O) groups is 1. The van der Waals surface area contributed by atoms with Crippen molar-refractivity contribution in [3.05, 3.63) is 5.84 Å². The summed E-state index contributed by atoms with van der Waals surface area (Å²) >= 11 is 0. The van der Waals surface area contributed by atoms with Gasteiger partial charge in [-0.1, -0.05) is 0 Å². The summed E-state index contributed by atoms with van der Waals surface area (Å²) in [6, 6.07) is -0.713. The molecule has 0 atom stereocenters. The monoisotopic (exact) mass is 128 g/mol. The van der Waals surface area contributed by atoms with E-state index in [2.05, 4.69) is 5.84 Å². The van der Waals surface area contributed by atoms with Crippen molar-refractivity contribution in [3.8, 4) is 0 Å². The van der Waals surface area contributed by atoms with Crippen molar-refractivity contribution in [2.75, 3.05) is 0 Å². The van der Waals surface area contributed by atoms with Crippen molar-refractivity contribution >= 4 is 6.03 Å². The Morgan fingerprint density at radius 1 is 1.71 bits per heavy atom. The first-order valence-corrected chi connectivity index (χ1v) is 1.24. The summed E-state index contributed by atoms with van der Waals surface area (Å²) in [5, 5.41) is 0. The van der Waals surface area contributed by atoms with E-state index in [4.69, 9.17) is 5.84 Å². The second-order valence-electron chi connectivity index (χ2n) is 0.598. The number of rotatable bonds is 0. The van der Waals surface area contributed by atoms with Gasteiger partial charge in [0.2, 0.25) is 0 Å². The Morgan fingerprint density at radius 2 is 2.14 bits per heavy atom. The summed E-state index contributed by atoms with van der Waals surface area (Å²) in [4.78, 5) is 9.65. The van der Waals surface area contributed by atoms with Gasteiger partial charge in [-0.25, -0.2) is 10.6 Å². The average molecular weight is 128 g/mol. The summed E-state index contributed by atoms with van der Waals surface area (Å²) in [6.07, 6.45) is 0. The maximum Gasteiger partial charge on any atom is 1.00 e. The van der Waals surface area contributed by atoms with E-state index in [0.717, 1.165) is 0 Å². The van der Waals surface area contributed by atoms with Crippen molar-refractivity contribution in [3.63, 3.8) is 0 Å². The molecule has 0 fully saturated rings. The first kappa shape index (κ1) is 10.7. The summed E-state index contributed by atoms with van der Waals surface area (Å²) in [5.41, 5.74) is 3.17. The van der Waals surface area contributed by atoms with Gasteiger partial charge < -0.3 is 11.3 Å². The summed E-state index contributed by atoms with van der Waals surface area (Å²) in [6.45, 7) is 0. The van der Waals surface area contributed by atoms with Crippen LogP contribution in [0.5, 0.6) is 0 Å². The van der Waals surface area contributed by atoms with Gasteiger partial charge in [-0.05, 0) is 0 Å². The first-order chi connectivity index (χ1) is 2.81. The molecule has 6 heteroatoms. The fraction of sp³-hybridized carbons (Fsp3) is 0. The number of hydrogen-bond acceptors (Lipinski definition) is 2. The van der Waals surface area contributed by atoms with E-state index in [0.29, 0.717) is 0 Å². The normalized spacial score (nSPS) is 6.00. The molecular formula is CH5KN4O. The maximum atomic E-state index is 9.65. The fourth-order valence-corrected chi connectivity index (χ4v) is 0.0361. The molecule has 0 saturated heterocycles. The van der Waals surface area contributed by atoms with Crippen LogP contribution in [0, 0.1) is 0 Å².